The summed E-state index contributed by atoms with van der Waals surface area (Å²) >= 11 is 1.76. The van der Waals surface area contributed by atoms with E-state index in [1.807, 2.05) is 6.92 Å². The first-order valence-electron chi connectivity index (χ1n) is 6.28. The minimum atomic E-state index is -0.727. The standard InChI is InChI=1S/C14H18N2OS/c1-4-14(3,8-15)16-13(17)11-7-10(11)12-6-5-9(2)18-12/h5-6,10-11H,4,7H2,1-3H3,(H,16,17)/t10-,11+,14-/m0/s1. The fourth-order valence-corrected chi connectivity index (χ4v) is 3.07. The van der Waals surface area contributed by atoms with Crippen LogP contribution in [0.5, 0.6) is 0 Å². The molecule has 18 heavy (non-hydrogen) atoms. The van der Waals surface area contributed by atoms with Crippen LogP contribution in [0.4, 0.5) is 0 Å². The molecule has 0 aromatic carbocycles. The van der Waals surface area contributed by atoms with Crippen molar-refractivity contribution < 1.29 is 4.79 Å². The second-order valence-corrected chi connectivity index (χ2v) is 6.50. The number of nitrogens with one attached hydrogen (secondary N) is 1. The van der Waals surface area contributed by atoms with E-state index in [1.165, 1.54) is 9.75 Å². The van der Waals surface area contributed by atoms with Gasteiger partial charge in [0.15, 0.2) is 0 Å². The topological polar surface area (TPSA) is 52.9 Å². The Balaban J connectivity index is 1.96. The molecule has 1 aromatic heterocycles. The lowest BCUT2D eigenvalue weighted by Gasteiger charge is -2.21. The first-order chi connectivity index (χ1) is 8.49. The van der Waals surface area contributed by atoms with Crippen LogP contribution in [-0.4, -0.2) is 11.4 Å². The van der Waals surface area contributed by atoms with E-state index >= 15 is 0 Å². The van der Waals surface area contributed by atoms with E-state index in [1.54, 1.807) is 18.3 Å². The lowest BCUT2D eigenvalue weighted by molar-refractivity contribution is -0.123. The van der Waals surface area contributed by atoms with Gasteiger partial charge in [0.2, 0.25) is 5.91 Å². The number of hydrogen-bond donors (Lipinski definition) is 1. The molecule has 1 aromatic rings. The smallest absolute Gasteiger partial charge is 0.225 e. The summed E-state index contributed by atoms with van der Waals surface area (Å²) in [6, 6.07) is 6.38. The molecule has 0 saturated heterocycles. The van der Waals surface area contributed by atoms with E-state index in [9.17, 15) is 4.79 Å². The van der Waals surface area contributed by atoms with E-state index in [-0.39, 0.29) is 11.8 Å². The highest BCUT2D eigenvalue weighted by Crippen LogP contribution is 2.49. The third kappa shape index (κ3) is 2.56. The van der Waals surface area contributed by atoms with Crippen molar-refractivity contribution in [3.8, 4) is 6.07 Å². The molecule has 0 bridgehead atoms. The maximum Gasteiger partial charge on any atom is 0.225 e. The summed E-state index contributed by atoms with van der Waals surface area (Å²) in [7, 11) is 0. The number of carbonyl (C=O) groups excluding carboxylic acids is 1. The second-order valence-electron chi connectivity index (χ2n) is 5.18. The average Bonchev–Trinajstić information content (AvgIpc) is 3.05. The number of carbonyl (C=O) groups is 1. The van der Waals surface area contributed by atoms with Crippen molar-refractivity contribution in [2.75, 3.05) is 0 Å². The highest BCUT2D eigenvalue weighted by atomic mass is 32.1. The van der Waals surface area contributed by atoms with Gasteiger partial charge in [-0.15, -0.1) is 11.3 Å². The Morgan fingerprint density at radius 3 is 2.89 bits per heavy atom. The van der Waals surface area contributed by atoms with E-state index < -0.39 is 5.54 Å². The fraction of sp³-hybridized carbons (Fsp3) is 0.571. The van der Waals surface area contributed by atoms with Gasteiger partial charge >= 0.3 is 0 Å². The molecule has 0 unspecified atom stereocenters. The van der Waals surface area contributed by atoms with Gasteiger partial charge in [-0.1, -0.05) is 6.92 Å². The van der Waals surface area contributed by atoms with E-state index in [0.29, 0.717) is 12.3 Å². The van der Waals surface area contributed by atoms with Crippen molar-refractivity contribution in [2.24, 2.45) is 5.92 Å². The number of nitriles is 1. The Kier molecular flexibility index (Phi) is 3.45. The zero-order valence-corrected chi connectivity index (χ0v) is 11.8. The molecule has 0 aliphatic heterocycles. The Morgan fingerprint density at radius 2 is 2.39 bits per heavy atom. The summed E-state index contributed by atoms with van der Waals surface area (Å²) in [5.74, 6) is 0.447. The maximum absolute atomic E-state index is 12.1. The van der Waals surface area contributed by atoms with Gasteiger partial charge in [0.1, 0.15) is 5.54 Å². The predicted molar refractivity (Wildman–Crippen MR) is 72.4 cm³/mol. The van der Waals surface area contributed by atoms with E-state index in [2.05, 4.69) is 30.4 Å². The molecule has 3 nitrogen and oxygen atoms in total. The molecule has 1 saturated carbocycles. The molecule has 3 atom stereocenters. The summed E-state index contributed by atoms with van der Waals surface area (Å²) in [5, 5.41) is 11.9. The van der Waals surface area contributed by atoms with Crippen molar-refractivity contribution in [3.05, 3.63) is 21.9 Å². The Labute approximate surface area is 112 Å². The van der Waals surface area contributed by atoms with Crippen molar-refractivity contribution in [3.63, 3.8) is 0 Å². The lowest BCUT2D eigenvalue weighted by atomic mass is 10.0. The molecule has 96 valence electrons. The summed E-state index contributed by atoms with van der Waals surface area (Å²) in [6.45, 7) is 5.77. The van der Waals surface area contributed by atoms with Gasteiger partial charge in [0.25, 0.3) is 0 Å². The third-order valence-electron chi connectivity index (χ3n) is 3.61. The minimum Gasteiger partial charge on any atom is -0.338 e. The van der Waals surface area contributed by atoms with Crippen LogP contribution in [-0.2, 0) is 4.79 Å². The van der Waals surface area contributed by atoms with E-state index in [4.69, 9.17) is 5.26 Å². The van der Waals surface area contributed by atoms with Crippen molar-refractivity contribution in [1.29, 1.82) is 5.26 Å². The van der Waals surface area contributed by atoms with Gasteiger partial charge < -0.3 is 5.32 Å². The van der Waals surface area contributed by atoms with Crippen LogP contribution in [0.25, 0.3) is 0 Å². The van der Waals surface area contributed by atoms with Crippen LogP contribution >= 0.6 is 11.3 Å². The molecule has 1 heterocycles. The molecule has 2 rings (SSSR count). The first-order valence-corrected chi connectivity index (χ1v) is 7.10. The SMILES string of the molecule is CC[C@@](C)(C#N)NC(=O)[C@@H]1C[C@@H]1c1ccc(C)s1. The number of rotatable bonds is 4. The maximum atomic E-state index is 12.1. The molecule has 1 fully saturated rings. The highest BCUT2D eigenvalue weighted by molar-refractivity contribution is 7.12. The monoisotopic (exact) mass is 262 g/mol. The number of aryl methyl sites for hydroxylation is 1. The Morgan fingerprint density at radius 1 is 1.67 bits per heavy atom. The summed E-state index contributed by atoms with van der Waals surface area (Å²) < 4.78 is 0. The van der Waals surface area contributed by atoms with Crippen LogP contribution in [0.1, 0.15) is 42.4 Å². The van der Waals surface area contributed by atoms with Crippen molar-refractivity contribution >= 4 is 17.2 Å². The summed E-state index contributed by atoms with van der Waals surface area (Å²) in [4.78, 5) is 14.6. The minimum absolute atomic E-state index is 0.0250. The van der Waals surface area contributed by atoms with Crippen molar-refractivity contribution in [1.82, 2.24) is 5.32 Å². The number of amides is 1. The molecule has 1 N–H and O–H groups in total. The zero-order valence-electron chi connectivity index (χ0n) is 11.0. The van der Waals surface area contributed by atoms with Crippen LogP contribution in [0.2, 0.25) is 0 Å². The van der Waals surface area contributed by atoms with Gasteiger partial charge in [-0.2, -0.15) is 5.26 Å². The summed E-state index contributed by atoms with van der Waals surface area (Å²) in [5.41, 5.74) is -0.727. The zero-order chi connectivity index (χ0) is 13.3. The fourth-order valence-electron chi connectivity index (χ4n) is 2.01. The van der Waals surface area contributed by atoms with Gasteiger partial charge in [0, 0.05) is 21.6 Å². The third-order valence-corrected chi connectivity index (χ3v) is 4.74. The first kappa shape index (κ1) is 13.1. The molecule has 1 aliphatic rings. The van der Waals surface area contributed by atoms with Gasteiger partial charge in [-0.25, -0.2) is 0 Å². The second kappa shape index (κ2) is 4.74. The van der Waals surface area contributed by atoms with Gasteiger partial charge in [0.05, 0.1) is 6.07 Å². The highest BCUT2D eigenvalue weighted by Gasteiger charge is 2.46. The molecule has 0 radical (unpaired) electrons. The van der Waals surface area contributed by atoms with Crippen LogP contribution in [0.15, 0.2) is 12.1 Å². The van der Waals surface area contributed by atoms with E-state index in [0.717, 1.165) is 6.42 Å². The number of thiophene rings is 1. The van der Waals surface area contributed by atoms with Crippen LogP contribution in [0, 0.1) is 24.2 Å². The average molecular weight is 262 g/mol. The predicted octanol–water partition coefficient (Wildman–Crippen LogP) is 2.97. The molecule has 1 amide bonds. The Bertz CT molecular complexity index is 502. The quantitative estimate of drug-likeness (QED) is 0.907. The van der Waals surface area contributed by atoms with Gasteiger partial charge in [-0.3, -0.25) is 4.79 Å². The van der Waals surface area contributed by atoms with Gasteiger partial charge in [-0.05, 0) is 38.8 Å². The molecule has 0 spiro atoms. The molecule has 1 aliphatic carbocycles. The van der Waals surface area contributed by atoms with Crippen molar-refractivity contribution in [2.45, 2.75) is 45.1 Å². The Hall–Kier alpha value is -1.34. The number of hydrogen-bond acceptors (Lipinski definition) is 3. The van der Waals surface area contributed by atoms with Crippen LogP contribution < -0.4 is 5.32 Å². The van der Waals surface area contributed by atoms with Crippen LogP contribution in [0.3, 0.4) is 0 Å². The summed E-state index contributed by atoms with van der Waals surface area (Å²) in [6.07, 6.45) is 1.54. The lowest BCUT2D eigenvalue weighted by Crippen LogP contribution is -2.45. The molecular formula is C14H18N2OS. The normalized spacial score (nSPS) is 25.0. The largest absolute Gasteiger partial charge is 0.338 e. The number of nitrogens with zero attached hydrogens (tertiary/aromatic N) is 1. The molecule has 4 heteroatoms. The molecular weight excluding hydrogens is 244 g/mol.